The molecule has 0 saturated carbocycles. The van der Waals surface area contributed by atoms with Gasteiger partial charge in [0.1, 0.15) is 12.3 Å². The summed E-state index contributed by atoms with van der Waals surface area (Å²) in [6.45, 7) is -0.232. The van der Waals surface area contributed by atoms with E-state index in [4.69, 9.17) is 9.47 Å². The molecule has 8 heteroatoms. The van der Waals surface area contributed by atoms with Gasteiger partial charge in [-0.05, 0) is 36.4 Å². The SMILES string of the molecule is COc1ccc(OC(=O)Cn2c3ccccc3c(=O)c3ccccc32)c([N+](=O)[O-])c1. The number of methoxy groups -OCH3 is 1. The molecule has 4 aromatic rings. The fourth-order valence-corrected chi connectivity index (χ4v) is 3.38. The number of ether oxygens (including phenoxy) is 2. The maximum Gasteiger partial charge on any atom is 0.331 e. The van der Waals surface area contributed by atoms with Gasteiger partial charge in [-0.15, -0.1) is 0 Å². The molecule has 1 aromatic heterocycles. The second-order valence-electron chi connectivity index (χ2n) is 6.51. The van der Waals surface area contributed by atoms with E-state index in [2.05, 4.69) is 0 Å². The maximum absolute atomic E-state index is 12.8. The summed E-state index contributed by atoms with van der Waals surface area (Å²) in [5.41, 5.74) is 0.638. The van der Waals surface area contributed by atoms with Crippen molar-refractivity contribution in [1.82, 2.24) is 4.57 Å². The van der Waals surface area contributed by atoms with Crippen LogP contribution < -0.4 is 14.9 Å². The van der Waals surface area contributed by atoms with Crippen LogP contribution in [0.15, 0.2) is 71.5 Å². The first-order valence-corrected chi connectivity index (χ1v) is 9.03. The maximum atomic E-state index is 12.8. The lowest BCUT2D eigenvalue weighted by Crippen LogP contribution is -2.20. The molecule has 0 aliphatic carbocycles. The highest BCUT2D eigenvalue weighted by Crippen LogP contribution is 2.31. The summed E-state index contributed by atoms with van der Waals surface area (Å²) in [6, 6.07) is 17.9. The van der Waals surface area contributed by atoms with Crippen molar-refractivity contribution in [2.24, 2.45) is 0 Å². The number of nitro benzene ring substituents is 1. The molecule has 0 amide bonds. The number of fused-ring (bicyclic) bond motifs is 2. The van der Waals surface area contributed by atoms with Crippen LogP contribution in [0.4, 0.5) is 5.69 Å². The van der Waals surface area contributed by atoms with Crippen LogP contribution in [0.1, 0.15) is 0 Å². The van der Waals surface area contributed by atoms with Gasteiger partial charge in [-0.1, -0.05) is 24.3 Å². The number of esters is 1. The highest BCUT2D eigenvalue weighted by Gasteiger charge is 2.20. The Hall–Kier alpha value is -4.20. The minimum Gasteiger partial charge on any atom is -0.496 e. The van der Waals surface area contributed by atoms with Gasteiger partial charge in [0.25, 0.3) is 0 Å². The molecule has 0 unspecified atom stereocenters. The smallest absolute Gasteiger partial charge is 0.331 e. The third kappa shape index (κ3) is 3.35. The Morgan fingerprint density at radius 1 is 1.00 bits per heavy atom. The molecule has 0 spiro atoms. The van der Waals surface area contributed by atoms with Crippen molar-refractivity contribution in [1.29, 1.82) is 0 Å². The van der Waals surface area contributed by atoms with Crippen LogP contribution >= 0.6 is 0 Å². The van der Waals surface area contributed by atoms with Crippen molar-refractivity contribution in [2.75, 3.05) is 7.11 Å². The number of hydrogen-bond donors (Lipinski definition) is 0. The van der Waals surface area contributed by atoms with Crippen molar-refractivity contribution >= 4 is 33.5 Å². The molecule has 1 heterocycles. The molecular formula is C22H16N2O6. The highest BCUT2D eigenvalue weighted by atomic mass is 16.6. The van der Waals surface area contributed by atoms with Crippen LogP contribution in [0.5, 0.6) is 11.5 Å². The molecule has 0 bridgehead atoms. The number of para-hydroxylation sites is 2. The molecule has 0 fully saturated rings. The first-order chi connectivity index (χ1) is 14.5. The summed E-state index contributed by atoms with van der Waals surface area (Å²) >= 11 is 0. The lowest BCUT2D eigenvalue weighted by atomic mass is 10.1. The number of aromatic nitrogens is 1. The highest BCUT2D eigenvalue weighted by molar-refractivity contribution is 5.94. The second-order valence-corrected chi connectivity index (χ2v) is 6.51. The summed E-state index contributed by atoms with van der Waals surface area (Å²) < 4.78 is 12.0. The normalized spacial score (nSPS) is 10.8. The number of pyridine rings is 1. The van der Waals surface area contributed by atoms with E-state index < -0.39 is 10.9 Å². The van der Waals surface area contributed by atoms with Crippen molar-refractivity contribution in [3.8, 4) is 11.5 Å². The Morgan fingerprint density at radius 3 is 2.17 bits per heavy atom. The van der Waals surface area contributed by atoms with E-state index in [0.717, 1.165) is 0 Å². The molecule has 150 valence electrons. The van der Waals surface area contributed by atoms with Crippen molar-refractivity contribution < 1.29 is 19.2 Å². The van der Waals surface area contributed by atoms with Crippen LogP contribution in [0.3, 0.4) is 0 Å². The van der Waals surface area contributed by atoms with E-state index >= 15 is 0 Å². The van der Waals surface area contributed by atoms with Gasteiger partial charge < -0.3 is 14.0 Å². The number of carbonyl (C=O) groups excluding carboxylic acids is 1. The van der Waals surface area contributed by atoms with Crippen molar-refractivity contribution in [3.05, 3.63) is 87.1 Å². The van der Waals surface area contributed by atoms with Crippen LogP contribution in [0.25, 0.3) is 21.8 Å². The van der Waals surface area contributed by atoms with E-state index in [1.165, 1.54) is 25.3 Å². The summed E-state index contributed by atoms with van der Waals surface area (Å²) in [5.74, 6) is -0.610. The first kappa shape index (κ1) is 19.1. The monoisotopic (exact) mass is 404 g/mol. The van der Waals surface area contributed by atoms with Crippen molar-refractivity contribution in [2.45, 2.75) is 6.54 Å². The van der Waals surface area contributed by atoms with Crippen LogP contribution in [-0.2, 0) is 11.3 Å². The van der Waals surface area contributed by atoms with Crippen LogP contribution in [-0.4, -0.2) is 22.6 Å². The number of rotatable bonds is 5. The second kappa shape index (κ2) is 7.67. The summed E-state index contributed by atoms with van der Waals surface area (Å²) in [4.78, 5) is 36.2. The standard InChI is InChI=1S/C22H16N2O6/c1-29-14-10-11-20(19(12-14)24(27)28)30-21(25)13-23-17-8-4-2-6-15(17)22(26)16-7-3-5-9-18(16)23/h2-12H,13H2,1H3. The molecule has 8 nitrogen and oxygen atoms in total. The number of hydrogen-bond acceptors (Lipinski definition) is 6. The Labute approximate surface area is 170 Å². The van der Waals surface area contributed by atoms with Gasteiger partial charge in [0, 0.05) is 10.8 Å². The molecular weight excluding hydrogens is 388 g/mol. The summed E-state index contributed by atoms with van der Waals surface area (Å²) in [7, 11) is 1.39. The number of carbonyl (C=O) groups is 1. The number of benzene rings is 3. The molecule has 0 N–H and O–H groups in total. The first-order valence-electron chi connectivity index (χ1n) is 9.03. The van der Waals surface area contributed by atoms with Gasteiger partial charge >= 0.3 is 11.7 Å². The van der Waals surface area contributed by atoms with Gasteiger partial charge in [0.15, 0.2) is 5.43 Å². The zero-order valence-corrected chi connectivity index (χ0v) is 15.9. The molecule has 0 aliphatic rings. The largest absolute Gasteiger partial charge is 0.496 e. The lowest BCUT2D eigenvalue weighted by Gasteiger charge is -2.14. The molecule has 4 rings (SSSR count). The van der Waals surface area contributed by atoms with Gasteiger partial charge in [-0.2, -0.15) is 0 Å². The third-order valence-corrected chi connectivity index (χ3v) is 4.75. The predicted octanol–water partition coefficient (Wildman–Crippen LogP) is 3.68. The molecule has 0 radical (unpaired) electrons. The topological polar surface area (TPSA) is 101 Å². The quantitative estimate of drug-likeness (QED) is 0.165. The van der Waals surface area contributed by atoms with Gasteiger partial charge in [0.05, 0.1) is 29.1 Å². The van der Waals surface area contributed by atoms with E-state index in [-0.39, 0.29) is 29.2 Å². The third-order valence-electron chi connectivity index (χ3n) is 4.75. The predicted molar refractivity (Wildman–Crippen MR) is 111 cm³/mol. The minimum absolute atomic E-state index is 0.128. The van der Waals surface area contributed by atoms with Gasteiger partial charge in [-0.3, -0.25) is 14.9 Å². The van der Waals surface area contributed by atoms with Gasteiger partial charge in [0.2, 0.25) is 5.75 Å². The summed E-state index contributed by atoms with van der Waals surface area (Å²) in [5, 5.41) is 12.3. The Morgan fingerprint density at radius 2 is 1.60 bits per heavy atom. The lowest BCUT2D eigenvalue weighted by molar-refractivity contribution is -0.385. The molecule has 0 atom stereocenters. The minimum atomic E-state index is -0.706. The zero-order chi connectivity index (χ0) is 21.3. The van der Waals surface area contributed by atoms with E-state index in [0.29, 0.717) is 21.8 Å². The average molecular weight is 404 g/mol. The van der Waals surface area contributed by atoms with E-state index in [1.54, 1.807) is 53.1 Å². The van der Waals surface area contributed by atoms with Crippen molar-refractivity contribution in [3.63, 3.8) is 0 Å². The van der Waals surface area contributed by atoms with Gasteiger partial charge in [-0.25, -0.2) is 4.79 Å². The molecule has 0 saturated heterocycles. The zero-order valence-electron chi connectivity index (χ0n) is 15.9. The fourth-order valence-electron chi connectivity index (χ4n) is 3.38. The summed E-state index contributed by atoms with van der Waals surface area (Å²) in [6.07, 6.45) is 0. The number of nitrogens with zero attached hydrogens (tertiary/aromatic N) is 2. The Balaban J connectivity index is 1.76. The average Bonchev–Trinajstić information content (AvgIpc) is 2.76. The molecule has 3 aromatic carbocycles. The fraction of sp³-hybridized carbons (Fsp3) is 0.0909. The van der Waals surface area contributed by atoms with E-state index in [1.807, 2.05) is 0 Å². The Bertz CT molecular complexity index is 1300. The van der Waals surface area contributed by atoms with Crippen LogP contribution in [0, 0.1) is 10.1 Å². The van der Waals surface area contributed by atoms with Crippen LogP contribution in [0.2, 0.25) is 0 Å². The number of nitro groups is 1. The molecule has 30 heavy (non-hydrogen) atoms. The van der Waals surface area contributed by atoms with E-state index in [9.17, 15) is 19.7 Å². The molecule has 0 aliphatic heterocycles. The Kier molecular flexibility index (Phi) is 4.89.